The lowest BCUT2D eigenvalue weighted by Gasteiger charge is -2.30. The van der Waals surface area contributed by atoms with Crippen molar-refractivity contribution in [3.63, 3.8) is 0 Å². The van der Waals surface area contributed by atoms with E-state index in [0.717, 1.165) is 26.1 Å². The molecule has 2 rings (SSSR count). The van der Waals surface area contributed by atoms with Crippen molar-refractivity contribution in [2.75, 3.05) is 18.5 Å². The van der Waals surface area contributed by atoms with E-state index in [4.69, 9.17) is 9.26 Å². The summed E-state index contributed by atoms with van der Waals surface area (Å²) in [5, 5.41) is 17.4. The topological polar surface area (TPSA) is 84.6 Å². The van der Waals surface area contributed by atoms with E-state index in [0.29, 0.717) is 23.2 Å². The molecule has 6 nitrogen and oxygen atoms in total. The van der Waals surface area contributed by atoms with E-state index in [1.807, 2.05) is 34.6 Å². The van der Waals surface area contributed by atoms with Crippen LogP contribution in [0.1, 0.15) is 59.6 Å². The molecule has 142 valence electrons. The highest BCUT2D eigenvalue weighted by Gasteiger charge is 2.35. The van der Waals surface area contributed by atoms with Crippen molar-refractivity contribution in [1.29, 1.82) is 0 Å². The normalized spacial score (nSPS) is 18.2. The predicted octanol–water partition coefficient (Wildman–Crippen LogP) is 3.35. The largest absolute Gasteiger partial charge is 0.392 e. The van der Waals surface area contributed by atoms with Crippen molar-refractivity contribution in [3.05, 3.63) is 11.8 Å². The third-order valence-corrected chi connectivity index (χ3v) is 6.38. The Morgan fingerprint density at radius 1 is 1.40 bits per heavy atom. The van der Waals surface area contributed by atoms with Crippen LogP contribution in [0.4, 0.5) is 5.88 Å². The molecule has 0 aromatic carbocycles. The summed E-state index contributed by atoms with van der Waals surface area (Å²) in [5.74, 6) is 0.206. The summed E-state index contributed by atoms with van der Waals surface area (Å²) in [6.45, 7) is 11.1. The van der Waals surface area contributed by atoms with Crippen LogP contribution >= 0.6 is 11.8 Å². The Balaban J connectivity index is 2.00. The van der Waals surface area contributed by atoms with E-state index in [-0.39, 0.29) is 5.91 Å². The van der Waals surface area contributed by atoms with Crippen LogP contribution in [-0.2, 0) is 14.9 Å². The summed E-state index contributed by atoms with van der Waals surface area (Å²) >= 11 is 1.68. The molecule has 1 unspecified atom stereocenters. The van der Waals surface area contributed by atoms with Crippen molar-refractivity contribution < 1.29 is 19.2 Å². The highest BCUT2D eigenvalue weighted by molar-refractivity contribution is 8.02. The number of hydrogen-bond acceptors (Lipinski definition) is 6. The molecular formula is C18H30N2O4S. The standard InChI is InChI=1S/C18H30N2O4S/c1-6-14(21)17(2,3)13-11-15(24-20-13)19-16(22)18(4,5)25-12-7-9-23-10-8-12/h11-12,14,21H,6-10H2,1-5H3,(H,19,22). The molecule has 1 aromatic rings. The van der Waals surface area contributed by atoms with Crippen molar-refractivity contribution in [1.82, 2.24) is 5.16 Å². The summed E-state index contributed by atoms with van der Waals surface area (Å²) in [4.78, 5) is 12.7. The number of nitrogens with one attached hydrogen (secondary N) is 1. The van der Waals surface area contributed by atoms with Crippen LogP contribution < -0.4 is 5.32 Å². The smallest absolute Gasteiger partial charge is 0.242 e. The van der Waals surface area contributed by atoms with Crippen molar-refractivity contribution in [2.45, 2.75) is 75.4 Å². The van der Waals surface area contributed by atoms with Gasteiger partial charge >= 0.3 is 0 Å². The summed E-state index contributed by atoms with van der Waals surface area (Å²) in [5.41, 5.74) is 0.0974. The lowest BCUT2D eigenvalue weighted by Crippen LogP contribution is -2.37. The van der Waals surface area contributed by atoms with Gasteiger partial charge < -0.3 is 14.4 Å². The van der Waals surface area contributed by atoms with Crippen LogP contribution in [0.25, 0.3) is 0 Å². The molecule has 1 aromatic heterocycles. The van der Waals surface area contributed by atoms with Gasteiger partial charge in [-0.05, 0) is 33.1 Å². The van der Waals surface area contributed by atoms with Gasteiger partial charge in [0.25, 0.3) is 0 Å². The molecule has 7 heteroatoms. The molecule has 2 N–H and O–H groups in total. The zero-order valence-corrected chi connectivity index (χ0v) is 16.6. The van der Waals surface area contributed by atoms with Crippen molar-refractivity contribution in [3.8, 4) is 0 Å². The molecule has 0 aliphatic carbocycles. The second-order valence-electron chi connectivity index (χ2n) is 7.62. The fourth-order valence-electron chi connectivity index (χ4n) is 2.85. The minimum absolute atomic E-state index is 0.111. The summed E-state index contributed by atoms with van der Waals surface area (Å²) in [6.07, 6.45) is 2.03. The minimum Gasteiger partial charge on any atom is -0.392 e. The lowest BCUT2D eigenvalue weighted by atomic mass is 9.82. The molecule has 1 atom stereocenters. The predicted molar refractivity (Wildman–Crippen MR) is 100.0 cm³/mol. The summed E-state index contributed by atoms with van der Waals surface area (Å²) < 4.78 is 10.1. The van der Waals surface area contributed by atoms with Crippen molar-refractivity contribution in [2.24, 2.45) is 0 Å². The molecule has 2 heterocycles. The number of thioether (sulfide) groups is 1. The fourth-order valence-corrected chi connectivity index (χ4v) is 4.26. The van der Waals surface area contributed by atoms with Gasteiger partial charge in [-0.1, -0.05) is 25.9 Å². The first-order valence-electron chi connectivity index (χ1n) is 8.89. The zero-order chi connectivity index (χ0) is 18.7. The third kappa shape index (κ3) is 4.99. The summed E-state index contributed by atoms with van der Waals surface area (Å²) in [6, 6.07) is 1.70. The summed E-state index contributed by atoms with van der Waals surface area (Å²) in [7, 11) is 0. The Bertz CT molecular complexity index is 579. The number of carbonyl (C=O) groups is 1. The highest BCUT2D eigenvalue weighted by Crippen LogP contribution is 2.35. The van der Waals surface area contributed by atoms with Gasteiger partial charge in [0.2, 0.25) is 11.8 Å². The fraction of sp³-hybridized carbons (Fsp3) is 0.778. The van der Waals surface area contributed by atoms with Gasteiger partial charge in [0.05, 0.1) is 16.5 Å². The minimum atomic E-state index is -0.576. The first-order chi connectivity index (χ1) is 11.7. The lowest BCUT2D eigenvalue weighted by molar-refractivity contribution is -0.117. The molecule has 0 bridgehead atoms. The number of nitrogens with zero attached hydrogens (tertiary/aromatic N) is 1. The molecule has 1 amide bonds. The Hall–Kier alpha value is -1.05. The molecule has 0 radical (unpaired) electrons. The quantitative estimate of drug-likeness (QED) is 0.766. The van der Waals surface area contributed by atoms with Crippen LogP contribution in [0.3, 0.4) is 0 Å². The Morgan fingerprint density at radius 2 is 2.04 bits per heavy atom. The Morgan fingerprint density at radius 3 is 2.64 bits per heavy atom. The van der Waals surface area contributed by atoms with E-state index < -0.39 is 16.3 Å². The number of hydrogen-bond donors (Lipinski definition) is 2. The molecule has 1 aliphatic heterocycles. The van der Waals surface area contributed by atoms with Crippen LogP contribution in [0.15, 0.2) is 10.6 Å². The maximum atomic E-state index is 12.7. The van der Waals surface area contributed by atoms with Gasteiger partial charge in [-0.15, -0.1) is 11.8 Å². The van der Waals surface area contributed by atoms with Gasteiger partial charge in [0, 0.05) is 29.9 Å². The van der Waals surface area contributed by atoms with Gasteiger partial charge in [-0.25, -0.2) is 0 Å². The van der Waals surface area contributed by atoms with E-state index in [1.54, 1.807) is 17.8 Å². The number of amides is 1. The van der Waals surface area contributed by atoms with E-state index in [9.17, 15) is 9.90 Å². The van der Waals surface area contributed by atoms with Gasteiger partial charge in [-0.2, -0.15) is 0 Å². The number of carbonyl (C=O) groups excluding carboxylic acids is 1. The van der Waals surface area contributed by atoms with Crippen LogP contribution in [0.5, 0.6) is 0 Å². The first kappa shape index (κ1) is 20.3. The van der Waals surface area contributed by atoms with E-state index in [2.05, 4.69) is 10.5 Å². The Kier molecular flexibility index (Phi) is 6.56. The van der Waals surface area contributed by atoms with E-state index in [1.165, 1.54) is 0 Å². The second kappa shape index (κ2) is 8.10. The molecule has 0 saturated carbocycles. The maximum Gasteiger partial charge on any atom is 0.242 e. The number of ether oxygens (including phenoxy) is 1. The average molecular weight is 371 g/mol. The maximum absolute atomic E-state index is 12.7. The highest BCUT2D eigenvalue weighted by atomic mass is 32.2. The van der Waals surface area contributed by atoms with Crippen molar-refractivity contribution >= 4 is 23.6 Å². The molecule has 25 heavy (non-hydrogen) atoms. The number of aliphatic hydroxyl groups excluding tert-OH is 1. The number of rotatable bonds is 7. The van der Waals surface area contributed by atoms with Crippen LogP contribution in [0, 0.1) is 0 Å². The van der Waals surface area contributed by atoms with Crippen LogP contribution in [-0.4, -0.2) is 45.5 Å². The second-order valence-corrected chi connectivity index (χ2v) is 9.54. The Labute approximate surface area is 154 Å². The number of aliphatic hydroxyl groups is 1. The number of anilines is 1. The van der Waals surface area contributed by atoms with Gasteiger partial charge in [-0.3, -0.25) is 10.1 Å². The number of aromatic nitrogens is 1. The molecule has 0 spiro atoms. The zero-order valence-electron chi connectivity index (χ0n) is 15.8. The van der Waals surface area contributed by atoms with Gasteiger partial charge in [0.15, 0.2) is 0 Å². The third-order valence-electron chi connectivity index (χ3n) is 4.80. The molecular weight excluding hydrogens is 340 g/mol. The monoisotopic (exact) mass is 370 g/mol. The molecule has 1 fully saturated rings. The van der Waals surface area contributed by atoms with E-state index >= 15 is 0 Å². The molecule has 1 saturated heterocycles. The SMILES string of the molecule is CCC(O)C(C)(C)c1cc(NC(=O)C(C)(C)SC2CCOCC2)on1. The molecule has 1 aliphatic rings. The van der Waals surface area contributed by atoms with Gasteiger partial charge in [0.1, 0.15) is 0 Å². The first-order valence-corrected chi connectivity index (χ1v) is 9.77. The average Bonchev–Trinajstić information content (AvgIpc) is 3.03. The van der Waals surface area contributed by atoms with Crippen LogP contribution in [0.2, 0.25) is 0 Å².